The number of aromatic nitrogens is 2. The van der Waals surface area contributed by atoms with Gasteiger partial charge in [0.1, 0.15) is 11.6 Å². The molecule has 1 aliphatic carbocycles. The Morgan fingerprint density at radius 2 is 1.81 bits per heavy atom. The Kier molecular flexibility index (Phi) is 2.48. The molecule has 3 aromatic rings. The Balaban J connectivity index is 1.86. The molecule has 0 unspecified atom stereocenters. The Morgan fingerprint density at radius 3 is 2.48 bits per heavy atom. The van der Waals surface area contributed by atoms with E-state index < -0.39 is 0 Å². The van der Waals surface area contributed by atoms with Gasteiger partial charge in [0.05, 0.1) is 11.1 Å². The van der Waals surface area contributed by atoms with E-state index >= 15 is 0 Å². The van der Waals surface area contributed by atoms with E-state index in [1.54, 1.807) is 6.07 Å². The summed E-state index contributed by atoms with van der Waals surface area (Å²) in [6.45, 7) is 0. The summed E-state index contributed by atoms with van der Waals surface area (Å²) in [7, 11) is 0. The molecule has 1 aliphatic rings. The van der Waals surface area contributed by atoms with Crippen LogP contribution in [0, 0.1) is 11.3 Å². The van der Waals surface area contributed by atoms with Crippen molar-refractivity contribution in [2.75, 3.05) is 5.73 Å². The SMILES string of the molecule is N#Cc1cccc2c1nc(N)n2C1Cc2ccccc2C1. The maximum atomic E-state index is 9.20. The molecule has 1 heterocycles. The lowest BCUT2D eigenvalue weighted by molar-refractivity contribution is 0.550. The lowest BCUT2D eigenvalue weighted by Gasteiger charge is -2.14. The van der Waals surface area contributed by atoms with E-state index in [1.807, 2.05) is 12.1 Å². The van der Waals surface area contributed by atoms with E-state index in [0.717, 1.165) is 18.4 Å². The summed E-state index contributed by atoms with van der Waals surface area (Å²) < 4.78 is 2.08. The summed E-state index contributed by atoms with van der Waals surface area (Å²) in [5, 5.41) is 9.20. The largest absolute Gasteiger partial charge is 0.369 e. The molecule has 0 saturated heterocycles. The van der Waals surface area contributed by atoms with Crippen molar-refractivity contribution in [2.45, 2.75) is 18.9 Å². The zero-order chi connectivity index (χ0) is 14.4. The smallest absolute Gasteiger partial charge is 0.201 e. The molecule has 0 saturated carbocycles. The first-order chi connectivity index (χ1) is 10.3. The molecule has 0 spiro atoms. The molecule has 1 aromatic heterocycles. The van der Waals surface area contributed by atoms with Crippen molar-refractivity contribution in [3.05, 3.63) is 59.2 Å². The first-order valence-corrected chi connectivity index (χ1v) is 7.01. The van der Waals surface area contributed by atoms with E-state index in [4.69, 9.17) is 5.73 Å². The van der Waals surface area contributed by atoms with Crippen molar-refractivity contribution >= 4 is 17.0 Å². The number of rotatable bonds is 1. The fourth-order valence-electron chi connectivity index (χ4n) is 3.33. The zero-order valence-corrected chi connectivity index (χ0v) is 11.5. The number of fused-ring (bicyclic) bond motifs is 2. The average molecular weight is 274 g/mol. The summed E-state index contributed by atoms with van der Waals surface area (Å²) in [5.41, 5.74) is 11.1. The number of imidazole rings is 1. The van der Waals surface area contributed by atoms with Crippen LogP contribution < -0.4 is 5.73 Å². The lowest BCUT2D eigenvalue weighted by Crippen LogP contribution is -2.12. The van der Waals surface area contributed by atoms with Crippen LogP contribution in [-0.4, -0.2) is 9.55 Å². The predicted molar refractivity (Wildman–Crippen MR) is 81.7 cm³/mol. The number of anilines is 1. The van der Waals surface area contributed by atoms with Crippen LogP contribution in [0.1, 0.15) is 22.7 Å². The molecule has 0 bridgehead atoms. The van der Waals surface area contributed by atoms with E-state index in [1.165, 1.54) is 11.1 Å². The van der Waals surface area contributed by atoms with E-state index in [2.05, 4.69) is 39.9 Å². The quantitative estimate of drug-likeness (QED) is 0.742. The van der Waals surface area contributed by atoms with Gasteiger partial charge < -0.3 is 10.3 Å². The van der Waals surface area contributed by atoms with Crippen LogP contribution >= 0.6 is 0 Å². The Labute approximate surface area is 122 Å². The molecule has 2 aromatic carbocycles. The average Bonchev–Trinajstić information content (AvgIpc) is 3.05. The highest BCUT2D eigenvalue weighted by molar-refractivity contribution is 5.84. The number of nitrogens with two attached hydrogens (primary N) is 1. The van der Waals surface area contributed by atoms with Crippen LogP contribution in [0.3, 0.4) is 0 Å². The summed E-state index contributed by atoms with van der Waals surface area (Å²) in [5.74, 6) is 0.491. The highest BCUT2D eigenvalue weighted by atomic mass is 15.2. The van der Waals surface area contributed by atoms with Gasteiger partial charge in [0.25, 0.3) is 0 Å². The molecule has 0 amide bonds. The molecule has 102 valence electrons. The number of nitrogen functional groups attached to an aromatic ring is 1. The van der Waals surface area contributed by atoms with Crippen LogP contribution in [0.25, 0.3) is 11.0 Å². The van der Waals surface area contributed by atoms with E-state index in [0.29, 0.717) is 17.0 Å². The van der Waals surface area contributed by atoms with E-state index in [-0.39, 0.29) is 6.04 Å². The Bertz CT molecular complexity index is 860. The van der Waals surface area contributed by atoms with E-state index in [9.17, 15) is 5.26 Å². The van der Waals surface area contributed by atoms with Crippen LogP contribution in [0.4, 0.5) is 5.95 Å². The molecule has 0 atom stereocenters. The minimum atomic E-state index is 0.279. The van der Waals surface area contributed by atoms with Gasteiger partial charge in [-0.25, -0.2) is 4.98 Å². The molecule has 4 nitrogen and oxygen atoms in total. The number of hydrogen-bond acceptors (Lipinski definition) is 3. The number of hydrogen-bond donors (Lipinski definition) is 1. The van der Waals surface area contributed by atoms with Gasteiger partial charge in [0, 0.05) is 6.04 Å². The third kappa shape index (κ3) is 1.71. The first-order valence-electron chi connectivity index (χ1n) is 7.01. The predicted octanol–water partition coefficient (Wildman–Crippen LogP) is 2.83. The molecule has 4 heteroatoms. The number of para-hydroxylation sites is 1. The van der Waals surface area contributed by atoms with Gasteiger partial charge in [-0.1, -0.05) is 30.3 Å². The van der Waals surface area contributed by atoms with Crippen LogP contribution in [0.2, 0.25) is 0 Å². The van der Waals surface area contributed by atoms with Crippen LogP contribution in [0.5, 0.6) is 0 Å². The summed E-state index contributed by atoms with van der Waals surface area (Å²) >= 11 is 0. The fourth-order valence-corrected chi connectivity index (χ4v) is 3.33. The van der Waals surface area contributed by atoms with Gasteiger partial charge in [-0.15, -0.1) is 0 Å². The minimum Gasteiger partial charge on any atom is -0.369 e. The van der Waals surface area contributed by atoms with Crippen molar-refractivity contribution < 1.29 is 0 Å². The van der Waals surface area contributed by atoms with Gasteiger partial charge in [-0.3, -0.25) is 0 Å². The normalized spacial score (nSPS) is 14.2. The maximum absolute atomic E-state index is 9.20. The zero-order valence-electron chi connectivity index (χ0n) is 11.5. The molecular formula is C17H14N4. The fraction of sp³-hybridized carbons (Fsp3) is 0.176. The second-order valence-electron chi connectivity index (χ2n) is 5.46. The van der Waals surface area contributed by atoms with Crippen LogP contribution in [-0.2, 0) is 12.8 Å². The topological polar surface area (TPSA) is 67.6 Å². The number of nitriles is 1. The maximum Gasteiger partial charge on any atom is 0.201 e. The van der Waals surface area contributed by atoms with Crippen LogP contribution in [0.15, 0.2) is 42.5 Å². The molecule has 2 N–H and O–H groups in total. The number of nitrogens with zero attached hydrogens (tertiary/aromatic N) is 3. The third-order valence-electron chi connectivity index (χ3n) is 4.26. The highest BCUT2D eigenvalue weighted by Gasteiger charge is 2.26. The second kappa shape index (κ2) is 4.35. The molecule has 4 rings (SSSR count). The Hall–Kier alpha value is -2.80. The summed E-state index contributed by atoms with van der Waals surface area (Å²) in [4.78, 5) is 4.41. The molecule has 0 aliphatic heterocycles. The third-order valence-corrected chi connectivity index (χ3v) is 4.26. The first kappa shape index (κ1) is 12.0. The minimum absolute atomic E-state index is 0.279. The van der Waals surface area contributed by atoms with Gasteiger partial charge >= 0.3 is 0 Å². The molecule has 0 fully saturated rings. The summed E-state index contributed by atoms with van der Waals surface area (Å²) in [6.07, 6.45) is 1.92. The van der Waals surface area contributed by atoms with Gasteiger partial charge in [0.15, 0.2) is 0 Å². The van der Waals surface area contributed by atoms with Crippen molar-refractivity contribution in [3.63, 3.8) is 0 Å². The van der Waals surface area contributed by atoms with Crippen molar-refractivity contribution in [1.29, 1.82) is 5.26 Å². The molecule has 0 radical (unpaired) electrons. The molecule has 21 heavy (non-hydrogen) atoms. The highest BCUT2D eigenvalue weighted by Crippen LogP contribution is 2.34. The monoisotopic (exact) mass is 274 g/mol. The van der Waals surface area contributed by atoms with Gasteiger partial charge in [-0.05, 0) is 36.1 Å². The molecular weight excluding hydrogens is 260 g/mol. The van der Waals surface area contributed by atoms with Crippen molar-refractivity contribution in [3.8, 4) is 6.07 Å². The second-order valence-corrected chi connectivity index (χ2v) is 5.46. The Morgan fingerprint density at radius 1 is 1.10 bits per heavy atom. The van der Waals surface area contributed by atoms with Crippen molar-refractivity contribution in [2.24, 2.45) is 0 Å². The van der Waals surface area contributed by atoms with Gasteiger partial charge in [-0.2, -0.15) is 5.26 Å². The summed E-state index contributed by atoms with van der Waals surface area (Å²) in [6, 6.07) is 16.6. The standard InChI is InChI=1S/C17H14N4/c18-10-13-6-3-7-15-16(13)20-17(19)21(15)14-8-11-4-1-2-5-12(11)9-14/h1-7,14H,8-9H2,(H2,19,20). The lowest BCUT2D eigenvalue weighted by atomic mass is 10.1. The number of benzene rings is 2. The van der Waals surface area contributed by atoms with Gasteiger partial charge in [0.2, 0.25) is 5.95 Å². The van der Waals surface area contributed by atoms with Crippen molar-refractivity contribution in [1.82, 2.24) is 9.55 Å².